The van der Waals surface area contributed by atoms with Gasteiger partial charge in [0, 0.05) is 20.6 Å². The molecular formula is C22H26NO6P. The molecule has 0 bridgehead atoms. The Morgan fingerprint density at radius 3 is 2.20 bits per heavy atom. The number of hydrogen-bond donors (Lipinski definition) is 1. The van der Waals surface area contributed by atoms with E-state index in [0.717, 1.165) is 11.1 Å². The molecule has 0 aliphatic carbocycles. The zero-order valence-electron chi connectivity index (χ0n) is 17.2. The van der Waals surface area contributed by atoms with Gasteiger partial charge >= 0.3 is 13.7 Å². The average molecular weight is 431 g/mol. The molecule has 2 atom stereocenters. The first-order valence-electron chi connectivity index (χ1n) is 9.59. The average Bonchev–Trinajstić information content (AvgIpc) is 2.78. The summed E-state index contributed by atoms with van der Waals surface area (Å²) >= 11 is 0. The van der Waals surface area contributed by atoms with Crippen molar-refractivity contribution in [3.63, 3.8) is 0 Å². The third kappa shape index (κ3) is 4.43. The summed E-state index contributed by atoms with van der Waals surface area (Å²) in [7, 11) is -1.26. The molecule has 0 fully saturated rings. The molecule has 1 aliphatic heterocycles. The monoisotopic (exact) mass is 431 g/mol. The molecule has 0 radical (unpaired) electrons. The zero-order valence-corrected chi connectivity index (χ0v) is 18.1. The lowest BCUT2D eigenvalue weighted by Crippen LogP contribution is -2.46. The van der Waals surface area contributed by atoms with E-state index in [-0.39, 0.29) is 24.1 Å². The van der Waals surface area contributed by atoms with Crippen molar-refractivity contribution < 1.29 is 28.3 Å². The Hall–Kier alpha value is -2.60. The molecular weight excluding hydrogens is 405 g/mol. The van der Waals surface area contributed by atoms with Crippen LogP contribution in [0.15, 0.2) is 71.7 Å². The first-order valence-corrected chi connectivity index (χ1v) is 11.1. The molecule has 1 N–H and O–H groups in total. The Balaban J connectivity index is 1.96. The van der Waals surface area contributed by atoms with Gasteiger partial charge in [0.2, 0.25) is 0 Å². The quantitative estimate of drug-likeness (QED) is 0.615. The third-order valence-corrected chi connectivity index (χ3v) is 7.39. The lowest BCUT2D eigenvalue weighted by Gasteiger charge is -2.41. The maximum absolute atomic E-state index is 13.1. The second kappa shape index (κ2) is 9.47. The highest BCUT2D eigenvalue weighted by Gasteiger charge is 2.46. The van der Waals surface area contributed by atoms with Crippen LogP contribution >= 0.6 is 7.60 Å². The summed E-state index contributed by atoms with van der Waals surface area (Å²) in [5, 5.41) is 10.8. The second-order valence-electron chi connectivity index (χ2n) is 6.95. The summed E-state index contributed by atoms with van der Waals surface area (Å²) in [4.78, 5) is 14.6. The van der Waals surface area contributed by atoms with E-state index in [4.69, 9.17) is 13.8 Å². The van der Waals surface area contributed by atoms with Crippen molar-refractivity contribution >= 4 is 13.7 Å². The van der Waals surface area contributed by atoms with Crippen molar-refractivity contribution in [2.75, 3.05) is 14.2 Å². The maximum atomic E-state index is 13.1. The van der Waals surface area contributed by atoms with Crippen molar-refractivity contribution in [1.82, 2.24) is 4.90 Å². The molecule has 8 heteroatoms. The topological polar surface area (TPSA) is 85.3 Å². The van der Waals surface area contributed by atoms with Crippen LogP contribution in [0, 0.1) is 0 Å². The molecule has 160 valence electrons. The lowest BCUT2D eigenvalue weighted by molar-refractivity contribution is 0.0609. The van der Waals surface area contributed by atoms with E-state index >= 15 is 0 Å². The third-order valence-electron chi connectivity index (χ3n) is 5.21. The van der Waals surface area contributed by atoms with Gasteiger partial charge in [-0.3, -0.25) is 9.46 Å². The van der Waals surface area contributed by atoms with Gasteiger partial charge in [-0.1, -0.05) is 60.7 Å². The van der Waals surface area contributed by atoms with Gasteiger partial charge in [-0.05, 0) is 18.1 Å². The van der Waals surface area contributed by atoms with Gasteiger partial charge in [0.15, 0.2) is 0 Å². The predicted octanol–water partition coefficient (Wildman–Crippen LogP) is 5.41. The van der Waals surface area contributed by atoms with Gasteiger partial charge in [-0.15, -0.1) is 0 Å². The van der Waals surface area contributed by atoms with Gasteiger partial charge in [0.25, 0.3) is 0 Å². The summed E-state index contributed by atoms with van der Waals surface area (Å²) < 4.78 is 28.8. The van der Waals surface area contributed by atoms with Crippen molar-refractivity contribution in [1.29, 1.82) is 0 Å². The second-order valence-corrected chi connectivity index (χ2v) is 9.16. The number of carbonyl (C=O) groups is 1. The van der Waals surface area contributed by atoms with Gasteiger partial charge in [-0.2, -0.15) is 0 Å². The highest BCUT2D eigenvalue weighted by atomic mass is 31.2. The Morgan fingerprint density at radius 2 is 1.63 bits per heavy atom. The summed E-state index contributed by atoms with van der Waals surface area (Å²) in [5.74, 6) is -0.101. The number of nitrogens with zero attached hydrogens (tertiary/aromatic N) is 1. The summed E-state index contributed by atoms with van der Waals surface area (Å²) in [5.41, 5.74) is 1.68. The number of hydrogen-bond acceptors (Lipinski definition) is 6. The van der Waals surface area contributed by atoms with E-state index in [1.165, 1.54) is 19.1 Å². The minimum atomic E-state index is -3.76. The SMILES string of the molecule is COP(=O)(OC)C1=C(O)C[C@H](c2ccccc2)N(C(=O)OCc2ccccc2)[C@@H]1C. The van der Waals surface area contributed by atoms with Crippen LogP contribution in [0.3, 0.4) is 0 Å². The lowest BCUT2D eigenvalue weighted by atomic mass is 9.95. The molecule has 1 aliphatic rings. The van der Waals surface area contributed by atoms with Gasteiger partial charge in [0.05, 0.1) is 12.1 Å². The largest absolute Gasteiger partial charge is 0.512 e. The number of ether oxygens (including phenoxy) is 1. The molecule has 7 nitrogen and oxygen atoms in total. The molecule has 0 aromatic heterocycles. The summed E-state index contributed by atoms with van der Waals surface area (Å²) in [6.07, 6.45) is -0.509. The summed E-state index contributed by atoms with van der Waals surface area (Å²) in [6, 6.07) is 17.4. The van der Waals surface area contributed by atoms with Crippen LogP contribution in [0.1, 0.15) is 30.5 Å². The van der Waals surface area contributed by atoms with Crippen LogP contribution in [-0.4, -0.2) is 36.4 Å². The van der Waals surface area contributed by atoms with Gasteiger partial charge < -0.3 is 18.9 Å². The Labute approximate surface area is 176 Å². The van der Waals surface area contributed by atoms with E-state index in [2.05, 4.69) is 0 Å². The van der Waals surface area contributed by atoms with Crippen LogP contribution in [0.2, 0.25) is 0 Å². The number of amides is 1. The first kappa shape index (κ1) is 22.1. The highest BCUT2D eigenvalue weighted by Crippen LogP contribution is 2.60. The molecule has 0 saturated carbocycles. The van der Waals surface area contributed by atoms with Crippen LogP contribution in [0.4, 0.5) is 4.79 Å². The minimum absolute atomic E-state index is 0.0661. The maximum Gasteiger partial charge on any atom is 0.411 e. The zero-order chi connectivity index (χ0) is 21.7. The molecule has 30 heavy (non-hydrogen) atoms. The van der Waals surface area contributed by atoms with E-state index in [9.17, 15) is 14.5 Å². The van der Waals surface area contributed by atoms with Crippen molar-refractivity contribution in [2.24, 2.45) is 0 Å². The predicted molar refractivity (Wildman–Crippen MR) is 113 cm³/mol. The summed E-state index contributed by atoms with van der Waals surface area (Å²) in [6.45, 7) is 1.77. The molecule has 1 amide bonds. The minimum Gasteiger partial charge on any atom is -0.512 e. The molecule has 0 saturated heterocycles. The normalized spacial score (nSPS) is 19.6. The van der Waals surface area contributed by atoms with Crippen molar-refractivity contribution in [3.8, 4) is 0 Å². The molecule has 3 rings (SSSR count). The fourth-order valence-corrected chi connectivity index (χ4v) is 5.25. The van der Waals surface area contributed by atoms with Crippen LogP contribution in [0.25, 0.3) is 0 Å². The van der Waals surface area contributed by atoms with Crippen LogP contribution in [0.5, 0.6) is 0 Å². The Morgan fingerprint density at radius 1 is 1.07 bits per heavy atom. The standard InChI is InChI=1S/C22H26NO6P/c1-16-21(30(26,27-2)28-3)20(24)14-19(18-12-8-5-9-13-18)23(16)22(25)29-15-17-10-6-4-7-11-17/h4-13,16,19,24H,14-15H2,1-3H3/t16-,19-/m1/s1. The number of carbonyl (C=O) groups excluding carboxylic acids is 1. The van der Waals surface area contributed by atoms with E-state index in [1.54, 1.807) is 6.92 Å². The molecule has 2 aromatic carbocycles. The smallest absolute Gasteiger partial charge is 0.411 e. The first-order chi connectivity index (χ1) is 14.4. The molecule has 2 aromatic rings. The number of rotatable bonds is 6. The Bertz CT molecular complexity index is 939. The van der Waals surface area contributed by atoms with E-state index in [1.807, 2.05) is 60.7 Å². The number of aliphatic hydroxyl groups excluding tert-OH is 1. The van der Waals surface area contributed by atoms with E-state index in [0.29, 0.717) is 0 Å². The van der Waals surface area contributed by atoms with Crippen molar-refractivity contribution in [2.45, 2.75) is 32.0 Å². The Kier molecular flexibility index (Phi) is 6.98. The highest BCUT2D eigenvalue weighted by molar-refractivity contribution is 7.58. The molecule has 1 heterocycles. The van der Waals surface area contributed by atoms with Crippen LogP contribution in [-0.2, 0) is 25.0 Å². The van der Waals surface area contributed by atoms with Crippen LogP contribution < -0.4 is 0 Å². The molecule has 0 unspecified atom stereocenters. The number of benzene rings is 2. The van der Waals surface area contributed by atoms with Gasteiger partial charge in [-0.25, -0.2) is 4.79 Å². The molecule has 0 spiro atoms. The van der Waals surface area contributed by atoms with Crippen molar-refractivity contribution in [3.05, 3.63) is 82.9 Å². The fraction of sp³-hybridized carbons (Fsp3) is 0.318. The van der Waals surface area contributed by atoms with E-state index < -0.39 is 25.8 Å². The number of aliphatic hydroxyl groups is 1. The fourth-order valence-electron chi connectivity index (χ4n) is 3.72. The van der Waals surface area contributed by atoms with Gasteiger partial charge in [0.1, 0.15) is 17.7 Å².